The first-order valence-corrected chi connectivity index (χ1v) is 15.5. The Morgan fingerprint density at radius 1 is 0.978 bits per heavy atom. The molecule has 10 heteroatoms. The van der Waals surface area contributed by atoms with Gasteiger partial charge in [-0.3, -0.25) is 9.59 Å². The molecule has 5 N–H and O–H groups in total. The number of anilines is 1. The molecule has 3 aromatic carbocycles. The van der Waals surface area contributed by atoms with Gasteiger partial charge in [0.05, 0.1) is 24.9 Å². The Morgan fingerprint density at radius 2 is 1.71 bits per heavy atom. The molecular formula is C35H45N3O7. The number of aliphatic hydroxyl groups excluding tert-OH is 2. The smallest absolute Gasteiger partial charge is 0.224 e. The summed E-state index contributed by atoms with van der Waals surface area (Å²) >= 11 is 0. The molecule has 1 heterocycles. The molecule has 45 heavy (non-hydrogen) atoms. The molecule has 242 valence electrons. The third-order valence-corrected chi connectivity index (χ3v) is 7.79. The van der Waals surface area contributed by atoms with Gasteiger partial charge in [0.25, 0.3) is 0 Å². The second-order valence-electron chi connectivity index (χ2n) is 11.6. The Kier molecular flexibility index (Phi) is 12.9. The Labute approximate surface area is 265 Å². The van der Waals surface area contributed by atoms with E-state index >= 15 is 0 Å². The summed E-state index contributed by atoms with van der Waals surface area (Å²) < 4.78 is 12.9. The van der Waals surface area contributed by atoms with Gasteiger partial charge in [0.1, 0.15) is 5.75 Å². The number of nitrogens with one attached hydrogen (secondary N) is 2. The molecule has 10 nitrogen and oxygen atoms in total. The van der Waals surface area contributed by atoms with E-state index in [0.717, 1.165) is 36.0 Å². The number of hydrogen-bond donors (Lipinski definition) is 5. The van der Waals surface area contributed by atoms with Crippen LogP contribution in [0.4, 0.5) is 5.69 Å². The van der Waals surface area contributed by atoms with Crippen molar-refractivity contribution in [3.05, 3.63) is 95.1 Å². The molecule has 0 spiro atoms. The summed E-state index contributed by atoms with van der Waals surface area (Å²) in [7, 11) is 1.92. The van der Waals surface area contributed by atoms with Crippen LogP contribution < -0.4 is 10.6 Å². The van der Waals surface area contributed by atoms with E-state index in [1.165, 1.54) is 6.92 Å². The molecule has 0 bridgehead atoms. The van der Waals surface area contributed by atoms with Gasteiger partial charge >= 0.3 is 0 Å². The van der Waals surface area contributed by atoms with Crippen molar-refractivity contribution in [1.82, 2.24) is 10.2 Å². The number of phenols is 1. The third-order valence-electron chi connectivity index (χ3n) is 7.79. The van der Waals surface area contributed by atoms with Crippen molar-refractivity contribution < 1.29 is 34.4 Å². The molecule has 0 aromatic heterocycles. The molecular weight excluding hydrogens is 574 g/mol. The predicted molar refractivity (Wildman–Crippen MR) is 171 cm³/mol. The summed E-state index contributed by atoms with van der Waals surface area (Å²) in [5.41, 5.74) is 3.95. The van der Waals surface area contributed by atoms with Crippen molar-refractivity contribution in [1.29, 1.82) is 0 Å². The average molecular weight is 620 g/mol. The summed E-state index contributed by atoms with van der Waals surface area (Å²) in [5.74, 6) is 0.00653. The first-order valence-electron chi connectivity index (χ1n) is 15.5. The van der Waals surface area contributed by atoms with Crippen molar-refractivity contribution in [2.24, 2.45) is 0 Å². The van der Waals surface area contributed by atoms with Gasteiger partial charge in [-0.1, -0.05) is 55.0 Å². The third kappa shape index (κ3) is 10.9. The molecule has 4 rings (SSSR count). The number of nitrogens with zero attached hydrogens (tertiary/aromatic N) is 1. The van der Waals surface area contributed by atoms with Gasteiger partial charge in [-0.15, -0.1) is 0 Å². The maximum Gasteiger partial charge on any atom is 0.224 e. The second kappa shape index (κ2) is 17.0. The number of carbonyl (C=O) groups excluding carboxylic acids is 2. The second-order valence-corrected chi connectivity index (χ2v) is 11.6. The Hall–Kier alpha value is -3.80. The van der Waals surface area contributed by atoms with Crippen LogP contribution in [-0.4, -0.2) is 64.8 Å². The van der Waals surface area contributed by atoms with E-state index in [1.807, 2.05) is 60.5 Å². The van der Waals surface area contributed by atoms with Crippen molar-refractivity contribution in [3.8, 4) is 5.75 Å². The highest BCUT2D eigenvalue weighted by molar-refractivity contribution is 5.90. The average Bonchev–Trinajstić information content (AvgIpc) is 3.02. The normalized spacial score (nSPS) is 18.8. The predicted octanol–water partition coefficient (Wildman–Crippen LogP) is 4.73. The maximum atomic E-state index is 12.4. The summed E-state index contributed by atoms with van der Waals surface area (Å²) in [5, 5.41) is 35.7. The summed E-state index contributed by atoms with van der Waals surface area (Å²) in [4.78, 5) is 25.4. The fourth-order valence-electron chi connectivity index (χ4n) is 5.39. The Bertz CT molecular complexity index is 1370. The minimum absolute atomic E-state index is 0.0338. The fraction of sp³-hybridized carbons (Fsp3) is 0.429. The molecule has 3 aromatic rings. The van der Waals surface area contributed by atoms with E-state index < -0.39 is 12.4 Å². The van der Waals surface area contributed by atoms with Gasteiger partial charge < -0.3 is 40.3 Å². The number of rotatable bonds is 15. The molecule has 4 atom stereocenters. The van der Waals surface area contributed by atoms with Crippen molar-refractivity contribution in [2.45, 2.75) is 70.2 Å². The van der Waals surface area contributed by atoms with E-state index in [9.17, 15) is 24.9 Å². The standard InChI is InChI=1S/C35H45N3O7/c1-24(40)36-18-5-3-4-9-34(43)37-29-16-14-27(15-17-29)35-44-31(20-33(45-35)26-12-10-25(23-39)11-13-26)21-38(2)22-32(42)28-7-6-8-30(41)19-28/h6-8,10-17,19,31-33,35,39,41-42H,3-5,9,18,20-23H2,1-2H3,(H,36,40)(H,37,43). The van der Waals surface area contributed by atoms with E-state index in [-0.39, 0.29) is 36.4 Å². The molecule has 1 aliphatic rings. The highest BCUT2D eigenvalue weighted by Crippen LogP contribution is 2.38. The highest BCUT2D eigenvalue weighted by atomic mass is 16.7. The monoisotopic (exact) mass is 619 g/mol. The number of amides is 2. The SMILES string of the molecule is CC(=O)NCCCCCC(=O)Nc1ccc(C2OC(CN(C)CC(O)c3cccc(O)c3)CC(c3ccc(CO)cc3)O2)cc1. The number of ether oxygens (including phenoxy) is 2. The zero-order valence-corrected chi connectivity index (χ0v) is 26.0. The first kappa shape index (κ1) is 34.1. The van der Waals surface area contributed by atoms with E-state index in [4.69, 9.17) is 9.47 Å². The summed E-state index contributed by atoms with van der Waals surface area (Å²) in [6, 6.07) is 21.8. The lowest BCUT2D eigenvalue weighted by molar-refractivity contribution is -0.252. The van der Waals surface area contributed by atoms with Crippen molar-refractivity contribution >= 4 is 17.5 Å². The summed E-state index contributed by atoms with van der Waals surface area (Å²) in [6.45, 7) is 2.98. The zero-order valence-electron chi connectivity index (χ0n) is 26.0. The van der Waals surface area contributed by atoms with Crippen LogP contribution in [0.5, 0.6) is 5.75 Å². The Morgan fingerprint density at radius 3 is 2.40 bits per heavy atom. The van der Waals surface area contributed by atoms with Gasteiger partial charge in [0, 0.05) is 50.7 Å². The zero-order chi connectivity index (χ0) is 32.2. The topological polar surface area (TPSA) is 141 Å². The number of carbonyl (C=O) groups is 2. The van der Waals surface area contributed by atoms with Crippen LogP contribution in [0.15, 0.2) is 72.8 Å². The minimum Gasteiger partial charge on any atom is -0.508 e. The Balaban J connectivity index is 1.37. The number of unbranched alkanes of at least 4 members (excludes halogenated alkanes) is 2. The van der Waals surface area contributed by atoms with Crippen LogP contribution in [0.25, 0.3) is 0 Å². The van der Waals surface area contributed by atoms with E-state index in [1.54, 1.807) is 24.3 Å². The lowest BCUT2D eigenvalue weighted by Gasteiger charge is -2.38. The van der Waals surface area contributed by atoms with Crippen LogP contribution in [0.2, 0.25) is 0 Å². The molecule has 0 saturated carbocycles. The lowest BCUT2D eigenvalue weighted by Crippen LogP contribution is -2.39. The molecule has 4 unspecified atom stereocenters. The maximum absolute atomic E-state index is 12.4. The summed E-state index contributed by atoms with van der Waals surface area (Å²) in [6.07, 6.45) is 1.56. The van der Waals surface area contributed by atoms with Crippen LogP contribution in [0.3, 0.4) is 0 Å². The van der Waals surface area contributed by atoms with E-state index in [0.29, 0.717) is 43.7 Å². The van der Waals surface area contributed by atoms with Gasteiger partial charge in [0.15, 0.2) is 6.29 Å². The number of hydrogen-bond acceptors (Lipinski definition) is 8. The number of benzene rings is 3. The van der Waals surface area contributed by atoms with Crippen LogP contribution in [0, 0.1) is 0 Å². The van der Waals surface area contributed by atoms with Gasteiger partial charge in [-0.2, -0.15) is 0 Å². The van der Waals surface area contributed by atoms with Crippen molar-refractivity contribution in [2.75, 3.05) is 32.0 Å². The number of phenolic OH excluding ortho intramolecular Hbond substituents is 1. The first-order chi connectivity index (χ1) is 21.7. The molecule has 0 aliphatic carbocycles. The molecule has 1 fully saturated rings. The molecule has 1 saturated heterocycles. The highest BCUT2D eigenvalue weighted by Gasteiger charge is 2.33. The molecule has 0 radical (unpaired) electrons. The van der Waals surface area contributed by atoms with Crippen LogP contribution in [-0.2, 0) is 25.7 Å². The van der Waals surface area contributed by atoms with Gasteiger partial charge in [-0.05, 0) is 60.8 Å². The van der Waals surface area contributed by atoms with Gasteiger partial charge in [0.2, 0.25) is 11.8 Å². The fourth-order valence-corrected chi connectivity index (χ4v) is 5.39. The van der Waals surface area contributed by atoms with Crippen molar-refractivity contribution in [3.63, 3.8) is 0 Å². The van der Waals surface area contributed by atoms with E-state index in [2.05, 4.69) is 10.6 Å². The molecule has 2 amide bonds. The minimum atomic E-state index is -0.772. The number of aromatic hydroxyl groups is 1. The molecule has 1 aliphatic heterocycles. The van der Waals surface area contributed by atoms with Crippen LogP contribution >= 0.6 is 0 Å². The lowest BCUT2D eigenvalue weighted by atomic mass is 9.99. The number of aliphatic hydroxyl groups is 2. The number of likely N-dealkylation sites (N-methyl/N-ethyl adjacent to an activating group) is 1. The largest absolute Gasteiger partial charge is 0.508 e. The quantitative estimate of drug-likeness (QED) is 0.154. The van der Waals surface area contributed by atoms with Crippen LogP contribution in [0.1, 0.15) is 79.8 Å². The van der Waals surface area contributed by atoms with Gasteiger partial charge in [-0.25, -0.2) is 0 Å².